The van der Waals surface area contributed by atoms with Crippen molar-refractivity contribution in [3.63, 3.8) is 0 Å². The molecule has 0 spiro atoms. The Morgan fingerprint density at radius 1 is 0.107 bits per heavy atom. The summed E-state index contributed by atoms with van der Waals surface area (Å²) < 4.78 is 0. The number of hydrogen-bond donors (Lipinski definition) is 0. The van der Waals surface area contributed by atoms with E-state index < -0.39 is 0 Å². The molecule has 0 saturated carbocycles. The molecule has 22 aromatic carbocycles. The summed E-state index contributed by atoms with van der Waals surface area (Å²) in [4.78, 5) is 0. The van der Waals surface area contributed by atoms with E-state index in [0.717, 1.165) is 129 Å². The van der Waals surface area contributed by atoms with Crippen LogP contribution in [0.15, 0.2) is 255 Å². The molecule has 0 aliphatic heterocycles. The highest BCUT2D eigenvalue weighted by molar-refractivity contribution is 6.08. The van der Waals surface area contributed by atoms with E-state index in [9.17, 15) is 0 Å². The second-order valence-corrected chi connectivity index (χ2v) is 19.8. The predicted octanol–water partition coefficient (Wildman–Crippen LogP) is 20.4. The van der Waals surface area contributed by atoms with E-state index in [2.05, 4.69) is 182 Å². The third-order valence-corrected chi connectivity index (χ3v) is 14.2. The van der Waals surface area contributed by atoms with Crippen molar-refractivity contribution in [2.45, 2.75) is 0 Å². The maximum absolute atomic E-state index is 3.42. The molecule has 0 aliphatic rings. The normalized spacial score (nSPS) is 10.0. The molecule has 0 heterocycles. The summed E-state index contributed by atoms with van der Waals surface area (Å²) in [5.74, 6) is 0. The summed E-state index contributed by atoms with van der Waals surface area (Å²) in [6.07, 6.45) is 0. The Morgan fingerprint density at radius 2 is 0.214 bits per heavy atom. The number of hydrogen-bond acceptors (Lipinski definition) is 0. The van der Waals surface area contributed by atoms with Crippen molar-refractivity contribution >= 4 is 129 Å². The van der Waals surface area contributed by atoms with Crippen molar-refractivity contribution in [2.75, 3.05) is 0 Å². The van der Waals surface area contributed by atoms with Gasteiger partial charge in [0.1, 0.15) is 0 Å². The third kappa shape index (κ3) is 12.0. The fourth-order valence-electron chi connectivity index (χ4n) is 9.64. The summed E-state index contributed by atoms with van der Waals surface area (Å²) in [7, 11) is 0. The lowest BCUT2D eigenvalue weighted by atomic mass is 10.0. The third-order valence-electron chi connectivity index (χ3n) is 14.2. The average Bonchev–Trinajstić information content (AvgIpc) is 3.66. The first-order valence-corrected chi connectivity index (χ1v) is 27.4. The molecule has 0 unspecified atom stereocenters. The van der Waals surface area contributed by atoms with Crippen LogP contribution in [0.1, 0.15) is 0 Å². The number of fused-ring (bicyclic) bond motifs is 6. The van der Waals surface area contributed by atoms with Gasteiger partial charge in [-0.25, -0.2) is 0 Å². The highest BCUT2D eigenvalue weighted by Gasteiger charge is 2.00. The van der Waals surface area contributed by atoms with Crippen LogP contribution in [0.4, 0.5) is 0 Å². The lowest BCUT2D eigenvalue weighted by molar-refractivity contribution is 1.79. The Balaban J connectivity index is 0.848. The van der Waals surface area contributed by atoms with Crippen molar-refractivity contribution in [3.05, 3.63) is 364 Å². The molecule has 0 N–H and O–H groups in total. The maximum atomic E-state index is 3.42. The van der Waals surface area contributed by atoms with Crippen LogP contribution in [0.5, 0.6) is 0 Å². The summed E-state index contributed by atoms with van der Waals surface area (Å²) in [6.45, 7) is 0. The second-order valence-electron chi connectivity index (χ2n) is 19.8. The van der Waals surface area contributed by atoms with E-state index in [4.69, 9.17) is 0 Å². The van der Waals surface area contributed by atoms with E-state index in [1.807, 2.05) is 182 Å². The van der Waals surface area contributed by atoms with Crippen molar-refractivity contribution < 1.29 is 0 Å². The summed E-state index contributed by atoms with van der Waals surface area (Å²) in [5.41, 5.74) is 0. The highest BCUT2D eigenvalue weighted by atomic mass is 14.0. The molecular weight excluding hydrogens is 1010 g/mol. The first kappa shape index (κ1) is 50.9. The quantitative estimate of drug-likeness (QED) is 0.142. The zero-order chi connectivity index (χ0) is 56.3. The molecule has 378 valence electrons. The molecule has 84 heavy (non-hydrogen) atoms. The monoisotopic (exact) mass is 1050 g/mol. The lowest BCUT2D eigenvalue weighted by Crippen LogP contribution is -1.73. The van der Waals surface area contributed by atoms with Gasteiger partial charge in [0.25, 0.3) is 0 Å². The van der Waals surface area contributed by atoms with Gasteiger partial charge in [0, 0.05) is 97.0 Å². The number of benzene rings is 12. The highest BCUT2D eigenvalue weighted by Crippen LogP contribution is 2.25. The van der Waals surface area contributed by atoms with Crippen LogP contribution in [-0.4, -0.2) is 0 Å². The minimum absolute atomic E-state index is 0.909. The van der Waals surface area contributed by atoms with Crippen LogP contribution in [0, 0.1) is 109 Å². The Morgan fingerprint density at radius 3 is 0.333 bits per heavy atom. The van der Waals surface area contributed by atoms with Gasteiger partial charge < -0.3 is 0 Å². The smallest absolute Gasteiger partial charge is 0.0328 e. The SMILES string of the molecule is c1c2ccc(c#cc3ccc(c#cc4ccc(c#cc5ccc(c#cc6ccc(c#cc7ccc(c#cc8ccc(c#cc9ccc(c#cc%10ccc(c#1)cc%10)c1ccccc91)cc8)cc7)c1ccccc61)cc5)cc4)c1ccccc31)cc2. The van der Waals surface area contributed by atoms with Crippen molar-refractivity contribution in [3.8, 4) is 0 Å². The maximum Gasteiger partial charge on any atom is 0.0328 e. The minimum Gasteiger partial charge on any atom is -0.0617 e. The molecule has 22 rings (SSSR count). The lowest BCUT2D eigenvalue weighted by Gasteiger charge is -1.98. The van der Waals surface area contributed by atoms with Crippen molar-refractivity contribution in [1.82, 2.24) is 0 Å². The van der Waals surface area contributed by atoms with Crippen molar-refractivity contribution in [1.29, 1.82) is 0 Å². The van der Waals surface area contributed by atoms with Crippen LogP contribution < -0.4 is 0 Å². The Hall–Kier alpha value is -12.5. The Labute approximate surface area is 490 Å². The molecule has 22 aromatic rings. The molecule has 0 amide bonds. The zero-order valence-electron chi connectivity index (χ0n) is 45.2. The van der Waals surface area contributed by atoms with E-state index in [1.54, 1.807) is 0 Å². The van der Waals surface area contributed by atoms with Gasteiger partial charge >= 0.3 is 0 Å². The van der Waals surface area contributed by atoms with Gasteiger partial charge in [0.2, 0.25) is 0 Å². The fourth-order valence-corrected chi connectivity index (χ4v) is 9.64. The van der Waals surface area contributed by atoms with Crippen LogP contribution in [-0.2, 0) is 0 Å². The standard InChI is InChI=1S/C84H42/c1-2-8-80-74-50-44-68-33-21-62(22-34-68)15-16-64-25-37-70(38-26-64)46-52-76-59-60-78(84-12-6-5-10-82(76)84)54-48-72-41-29-66(30-42-72)18-17-65-27-39-71(40-28-65)47-53-77-58-57-75(81-9-3-4-11-83(77)81)51-45-69-35-23-63(24-36-69)14-13-61-19-31-67(32-20-61)43-49-73(55-56-74)79(80)7-1/h1-12,19-42,55-60H. The van der Waals surface area contributed by atoms with Gasteiger partial charge in [-0.3, -0.25) is 0 Å². The number of rotatable bonds is 0. The van der Waals surface area contributed by atoms with E-state index >= 15 is 0 Å². The van der Waals surface area contributed by atoms with Gasteiger partial charge in [0.15, 0.2) is 0 Å². The average molecular weight is 1050 g/mol. The van der Waals surface area contributed by atoms with E-state index in [0.29, 0.717) is 0 Å². The van der Waals surface area contributed by atoms with Crippen molar-refractivity contribution in [2.24, 2.45) is 0 Å². The minimum atomic E-state index is 0.909. The van der Waals surface area contributed by atoms with Gasteiger partial charge in [-0.05, 0) is 214 Å². The first-order valence-electron chi connectivity index (χ1n) is 27.4. The second kappa shape index (κ2) is 23.8. The molecule has 18 bridgehead atoms. The molecule has 0 radical (unpaired) electrons. The van der Waals surface area contributed by atoms with Gasteiger partial charge in [-0.2, -0.15) is 0 Å². The van der Waals surface area contributed by atoms with Gasteiger partial charge in [-0.15, -0.1) is 0 Å². The van der Waals surface area contributed by atoms with Crippen LogP contribution >= 0.6 is 0 Å². The zero-order valence-corrected chi connectivity index (χ0v) is 45.2. The fraction of sp³-hybridized carbons (Fsp3) is 0. The molecule has 0 saturated heterocycles. The van der Waals surface area contributed by atoms with Gasteiger partial charge in [0.05, 0.1) is 0 Å². The largest absolute Gasteiger partial charge is 0.0617 e. The summed E-state index contributed by atoms with van der Waals surface area (Å²) in [6, 6.07) is 146. The summed E-state index contributed by atoms with van der Waals surface area (Å²) >= 11 is 0. The topological polar surface area (TPSA) is 0 Å². The van der Waals surface area contributed by atoms with Gasteiger partial charge in [-0.1, -0.05) is 182 Å². The predicted molar refractivity (Wildman–Crippen MR) is 348 cm³/mol. The summed E-state index contributed by atoms with van der Waals surface area (Å²) in [5, 5.41) is 22.9. The van der Waals surface area contributed by atoms with Crippen LogP contribution in [0.2, 0.25) is 0 Å². The molecular formula is C84H42. The van der Waals surface area contributed by atoms with Crippen LogP contribution in [0.3, 0.4) is 0 Å². The Bertz CT molecular complexity index is 4310. The van der Waals surface area contributed by atoms with E-state index in [1.165, 1.54) is 0 Å². The molecule has 0 aromatic heterocycles. The van der Waals surface area contributed by atoms with E-state index in [-0.39, 0.29) is 0 Å². The molecule has 0 heteroatoms. The molecule has 0 fully saturated rings. The molecule has 0 nitrogen and oxygen atoms in total. The molecule has 0 atom stereocenters. The molecule has 0 aliphatic carbocycles. The van der Waals surface area contributed by atoms with Crippen LogP contribution in [0.25, 0.3) is 129 Å². The Kier molecular flexibility index (Phi) is 14.4. The first-order chi connectivity index (χ1) is 41.5.